The minimum atomic E-state index is 0.379. The number of aromatic nitrogens is 6. The lowest BCUT2D eigenvalue weighted by Crippen LogP contribution is -2.25. The van der Waals surface area contributed by atoms with Crippen molar-refractivity contribution in [3.8, 4) is 11.4 Å². The van der Waals surface area contributed by atoms with Crippen LogP contribution in [0, 0.1) is 6.92 Å². The van der Waals surface area contributed by atoms with Crippen LogP contribution in [0.2, 0.25) is 0 Å². The zero-order valence-electron chi connectivity index (χ0n) is 18.5. The highest BCUT2D eigenvalue weighted by atomic mass is 32.1. The molecule has 0 aliphatic heterocycles. The summed E-state index contributed by atoms with van der Waals surface area (Å²) in [4.78, 5) is 11.7. The standard InChI is InChI=1S/C23H27N7OS/c1-4-29(22-10-5-17(2)13-24-22)12-11-18(3)23-26-19(15-32-23)14-31-21-8-6-20(7-9-21)30-16-25-27-28-30/h5-10,13,15-16,18H,4,11-12,14H2,1-3H3. The van der Waals surface area contributed by atoms with E-state index < -0.39 is 0 Å². The second kappa shape index (κ2) is 10.3. The summed E-state index contributed by atoms with van der Waals surface area (Å²) in [5.74, 6) is 2.20. The van der Waals surface area contributed by atoms with Crippen molar-refractivity contribution in [1.29, 1.82) is 0 Å². The number of tetrazole rings is 1. The van der Waals surface area contributed by atoms with E-state index in [1.165, 1.54) is 5.56 Å². The normalized spacial score (nSPS) is 12.0. The first kappa shape index (κ1) is 21.9. The van der Waals surface area contributed by atoms with Gasteiger partial charge in [0, 0.05) is 30.6 Å². The number of aryl methyl sites for hydroxylation is 1. The van der Waals surface area contributed by atoms with Crippen molar-refractivity contribution in [2.45, 2.75) is 39.7 Å². The molecule has 0 amide bonds. The summed E-state index contributed by atoms with van der Waals surface area (Å²) in [6, 6.07) is 11.9. The monoisotopic (exact) mass is 449 g/mol. The van der Waals surface area contributed by atoms with E-state index >= 15 is 0 Å². The lowest BCUT2D eigenvalue weighted by molar-refractivity contribution is 0.301. The van der Waals surface area contributed by atoms with E-state index in [1.54, 1.807) is 22.3 Å². The van der Waals surface area contributed by atoms with E-state index in [-0.39, 0.29) is 0 Å². The molecule has 0 aliphatic carbocycles. The minimum absolute atomic E-state index is 0.379. The summed E-state index contributed by atoms with van der Waals surface area (Å²) in [5, 5.41) is 14.4. The van der Waals surface area contributed by atoms with Gasteiger partial charge >= 0.3 is 0 Å². The number of pyridine rings is 1. The van der Waals surface area contributed by atoms with Crippen LogP contribution in [0.4, 0.5) is 5.82 Å². The van der Waals surface area contributed by atoms with Gasteiger partial charge in [-0.15, -0.1) is 16.4 Å². The lowest BCUT2D eigenvalue weighted by Gasteiger charge is -2.23. The van der Waals surface area contributed by atoms with Gasteiger partial charge in [0.25, 0.3) is 0 Å². The van der Waals surface area contributed by atoms with Crippen LogP contribution in [0.1, 0.15) is 42.5 Å². The fourth-order valence-corrected chi connectivity index (χ4v) is 4.20. The van der Waals surface area contributed by atoms with E-state index in [2.05, 4.69) is 63.7 Å². The first-order chi connectivity index (χ1) is 15.6. The Hall–Kier alpha value is -3.33. The van der Waals surface area contributed by atoms with Gasteiger partial charge in [0.2, 0.25) is 0 Å². The highest BCUT2D eigenvalue weighted by Crippen LogP contribution is 2.25. The molecule has 1 atom stereocenters. The van der Waals surface area contributed by atoms with E-state index in [4.69, 9.17) is 9.72 Å². The maximum absolute atomic E-state index is 5.91. The average Bonchev–Trinajstić information content (AvgIpc) is 3.52. The van der Waals surface area contributed by atoms with Gasteiger partial charge < -0.3 is 9.64 Å². The summed E-state index contributed by atoms with van der Waals surface area (Å²) in [6.07, 6.45) is 4.51. The molecule has 8 nitrogen and oxygen atoms in total. The zero-order chi connectivity index (χ0) is 22.3. The maximum atomic E-state index is 5.91. The molecule has 0 N–H and O–H groups in total. The molecule has 0 spiro atoms. The van der Waals surface area contributed by atoms with Crippen molar-refractivity contribution in [3.05, 3.63) is 70.6 Å². The Balaban J connectivity index is 1.28. The molecule has 0 radical (unpaired) electrons. The minimum Gasteiger partial charge on any atom is -0.487 e. The number of anilines is 1. The quantitative estimate of drug-likeness (QED) is 0.354. The molecule has 0 bridgehead atoms. The van der Waals surface area contributed by atoms with Crippen molar-refractivity contribution in [1.82, 2.24) is 30.2 Å². The first-order valence-electron chi connectivity index (χ1n) is 10.7. The smallest absolute Gasteiger partial charge is 0.143 e. The average molecular weight is 450 g/mol. The van der Waals surface area contributed by atoms with Gasteiger partial charge in [-0.25, -0.2) is 14.6 Å². The van der Waals surface area contributed by atoms with Crippen molar-refractivity contribution < 1.29 is 4.74 Å². The molecule has 9 heteroatoms. The van der Waals surface area contributed by atoms with Crippen LogP contribution >= 0.6 is 11.3 Å². The Bertz CT molecular complexity index is 1090. The molecular formula is C23H27N7OS. The van der Waals surface area contributed by atoms with Gasteiger partial charge in [-0.05, 0) is 66.6 Å². The molecule has 4 rings (SSSR count). The molecule has 0 fully saturated rings. The number of benzene rings is 1. The van der Waals surface area contributed by atoms with Crippen LogP contribution in [0.25, 0.3) is 5.69 Å². The Morgan fingerprint density at radius 2 is 2.00 bits per heavy atom. The number of thiazole rings is 1. The number of nitrogens with zero attached hydrogens (tertiary/aromatic N) is 7. The molecule has 0 aliphatic rings. The predicted molar refractivity (Wildman–Crippen MR) is 125 cm³/mol. The van der Waals surface area contributed by atoms with Crippen LogP contribution in [-0.4, -0.2) is 43.3 Å². The number of ether oxygens (including phenoxy) is 1. The van der Waals surface area contributed by atoms with Crippen LogP contribution in [0.3, 0.4) is 0 Å². The Kier molecular flexibility index (Phi) is 7.06. The molecule has 0 saturated carbocycles. The largest absolute Gasteiger partial charge is 0.487 e. The third-order valence-electron chi connectivity index (χ3n) is 5.26. The number of hydrogen-bond acceptors (Lipinski definition) is 8. The number of rotatable bonds is 10. The zero-order valence-corrected chi connectivity index (χ0v) is 19.4. The van der Waals surface area contributed by atoms with Gasteiger partial charge in [-0.1, -0.05) is 13.0 Å². The first-order valence-corrected chi connectivity index (χ1v) is 11.6. The summed E-state index contributed by atoms with van der Waals surface area (Å²) in [7, 11) is 0. The van der Waals surface area contributed by atoms with Gasteiger partial charge in [-0.2, -0.15) is 0 Å². The second-order valence-corrected chi connectivity index (χ2v) is 8.57. The van der Waals surface area contributed by atoms with Crippen molar-refractivity contribution >= 4 is 17.2 Å². The van der Waals surface area contributed by atoms with E-state index in [1.807, 2.05) is 30.5 Å². The highest BCUT2D eigenvalue weighted by Gasteiger charge is 2.14. The van der Waals surface area contributed by atoms with Crippen molar-refractivity contribution in [3.63, 3.8) is 0 Å². The van der Waals surface area contributed by atoms with E-state index in [9.17, 15) is 0 Å². The SMILES string of the molecule is CCN(CCC(C)c1nc(COc2ccc(-n3cnnn3)cc2)cs1)c1ccc(C)cn1. The summed E-state index contributed by atoms with van der Waals surface area (Å²) >= 11 is 1.70. The topological polar surface area (TPSA) is 81.9 Å². The Morgan fingerprint density at radius 1 is 1.16 bits per heavy atom. The molecular weight excluding hydrogens is 422 g/mol. The summed E-state index contributed by atoms with van der Waals surface area (Å²) in [5.41, 5.74) is 3.02. The van der Waals surface area contributed by atoms with Crippen molar-refractivity contribution in [2.75, 3.05) is 18.0 Å². The summed E-state index contributed by atoms with van der Waals surface area (Å²) in [6.45, 7) is 8.79. The third-order valence-corrected chi connectivity index (χ3v) is 6.39. The molecule has 1 aromatic carbocycles. The van der Waals surface area contributed by atoms with Gasteiger partial charge in [-0.3, -0.25) is 0 Å². The van der Waals surface area contributed by atoms with Gasteiger partial charge in [0.05, 0.1) is 16.4 Å². The second-order valence-electron chi connectivity index (χ2n) is 7.68. The molecule has 3 aromatic heterocycles. The lowest BCUT2D eigenvalue weighted by atomic mass is 10.1. The van der Waals surface area contributed by atoms with Crippen LogP contribution in [0.5, 0.6) is 5.75 Å². The maximum Gasteiger partial charge on any atom is 0.143 e. The predicted octanol–water partition coefficient (Wildman–Crippen LogP) is 4.42. The Morgan fingerprint density at radius 3 is 2.69 bits per heavy atom. The molecule has 166 valence electrons. The Labute approximate surface area is 191 Å². The van der Waals surface area contributed by atoms with E-state index in [0.717, 1.165) is 47.5 Å². The van der Waals surface area contributed by atoms with Crippen molar-refractivity contribution in [2.24, 2.45) is 0 Å². The van der Waals surface area contributed by atoms with E-state index in [0.29, 0.717) is 12.5 Å². The molecule has 0 saturated heterocycles. The third kappa shape index (κ3) is 5.47. The highest BCUT2D eigenvalue weighted by molar-refractivity contribution is 7.09. The fraction of sp³-hybridized carbons (Fsp3) is 0.348. The van der Waals surface area contributed by atoms with Crippen LogP contribution < -0.4 is 9.64 Å². The van der Waals surface area contributed by atoms with Crippen LogP contribution in [0.15, 0.2) is 54.3 Å². The molecule has 4 aromatic rings. The summed E-state index contributed by atoms with van der Waals surface area (Å²) < 4.78 is 7.51. The molecule has 1 unspecified atom stereocenters. The number of hydrogen-bond donors (Lipinski definition) is 0. The molecule has 32 heavy (non-hydrogen) atoms. The van der Waals surface area contributed by atoms with Gasteiger partial charge in [0.15, 0.2) is 0 Å². The van der Waals surface area contributed by atoms with Gasteiger partial charge in [0.1, 0.15) is 24.5 Å². The molecule has 3 heterocycles. The van der Waals surface area contributed by atoms with Crippen LogP contribution in [-0.2, 0) is 6.61 Å². The fourth-order valence-electron chi connectivity index (χ4n) is 3.30.